The first-order valence-corrected chi connectivity index (χ1v) is 7.21. The summed E-state index contributed by atoms with van der Waals surface area (Å²) in [4.78, 5) is 0. The summed E-state index contributed by atoms with van der Waals surface area (Å²) in [7, 11) is 3.57. The minimum atomic E-state index is 0.262. The monoisotopic (exact) mass is 257 g/mol. The number of hydrogen-bond donors (Lipinski definition) is 1. The predicted molar refractivity (Wildman–Crippen MR) is 70.8 cm³/mol. The number of ether oxygens (including phenoxy) is 3. The molecular formula is C14H27NO3. The van der Waals surface area contributed by atoms with Gasteiger partial charge < -0.3 is 19.5 Å². The van der Waals surface area contributed by atoms with Gasteiger partial charge in [-0.3, -0.25) is 0 Å². The Morgan fingerprint density at radius 1 is 1.06 bits per heavy atom. The summed E-state index contributed by atoms with van der Waals surface area (Å²) in [5.41, 5.74) is 0. The van der Waals surface area contributed by atoms with E-state index in [1.54, 1.807) is 14.2 Å². The maximum Gasteiger partial charge on any atom is 0.0835 e. The summed E-state index contributed by atoms with van der Waals surface area (Å²) in [5, 5.41) is 3.55. The molecule has 4 nitrogen and oxygen atoms in total. The van der Waals surface area contributed by atoms with Crippen LogP contribution in [0.5, 0.6) is 0 Å². The lowest BCUT2D eigenvalue weighted by atomic mass is 9.85. The summed E-state index contributed by atoms with van der Waals surface area (Å²) in [6.45, 7) is 3.02. The van der Waals surface area contributed by atoms with Crippen molar-refractivity contribution in [2.45, 2.75) is 50.4 Å². The molecule has 2 aliphatic rings. The average Bonchev–Trinajstić information content (AvgIpc) is 2.91. The maximum absolute atomic E-state index is 5.61. The summed E-state index contributed by atoms with van der Waals surface area (Å²) in [6, 6.07) is 0. The van der Waals surface area contributed by atoms with E-state index in [1.165, 1.54) is 19.3 Å². The average molecular weight is 257 g/mol. The fourth-order valence-corrected chi connectivity index (χ4v) is 3.14. The molecule has 0 amide bonds. The van der Waals surface area contributed by atoms with Crippen molar-refractivity contribution in [3.63, 3.8) is 0 Å². The zero-order valence-corrected chi connectivity index (χ0v) is 11.7. The highest BCUT2D eigenvalue weighted by molar-refractivity contribution is 4.82. The van der Waals surface area contributed by atoms with Crippen LogP contribution in [0.15, 0.2) is 0 Å². The maximum atomic E-state index is 5.61. The van der Waals surface area contributed by atoms with E-state index >= 15 is 0 Å². The summed E-state index contributed by atoms with van der Waals surface area (Å²) in [6.07, 6.45) is 6.87. The van der Waals surface area contributed by atoms with Crippen LogP contribution in [-0.4, -0.2) is 52.2 Å². The van der Waals surface area contributed by atoms with Crippen LogP contribution in [0, 0.1) is 5.92 Å². The van der Waals surface area contributed by atoms with E-state index in [0.29, 0.717) is 12.0 Å². The van der Waals surface area contributed by atoms with Crippen molar-refractivity contribution in [1.29, 1.82) is 0 Å². The highest BCUT2D eigenvalue weighted by atomic mass is 16.5. The molecule has 18 heavy (non-hydrogen) atoms. The van der Waals surface area contributed by atoms with Crippen LogP contribution in [-0.2, 0) is 14.2 Å². The molecule has 1 aliphatic heterocycles. The Morgan fingerprint density at radius 2 is 1.89 bits per heavy atom. The van der Waals surface area contributed by atoms with Crippen molar-refractivity contribution in [2.24, 2.45) is 5.92 Å². The molecular weight excluding hydrogens is 230 g/mol. The van der Waals surface area contributed by atoms with Gasteiger partial charge in [-0.25, -0.2) is 0 Å². The molecule has 0 bridgehead atoms. The molecule has 1 saturated carbocycles. The molecule has 106 valence electrons. The molecule has 0 aromatic rings. The van der Waals surface area contributed by atoms with E-state index < -0.39 is 0 Å². The second-order valence-corrected chi connectivity index (χ2v) is 5.52. The number of methoxy groups -OCH3 is 2. The van der Waals surface area contributed by atoms with Gasteiger partial charge in [-0.2, -0.15) is 0 Å². The van der Waals surface area contributed by atoms with Crippen LogP contribution >= 0.6 is 0 Å². The fourth-order valence-electron chi connectivity index (χ4n) is 3.14. The van der Waals surface area contributed by atoms with E-state index in [9.17, 15) is 0 Å². The molecule has 1 N–H and O–H groups in total. The second kappa shape index (κ2) is 7.43. The lowest BCUT2D eigenvalue weighted by Gasteiger charge is -2.34. The predicted octanol–water partition coefficient (Wildman–Crippen LogP) is 1.59. The molecule has 4 heteroatoms. The number of hydrogen-bond acceptors (Lipinski definition) is 4. The minimum Gasteiger partial charge on any atom is -0.379 e. The first-order chi connectivity index (χ1) is 8.83. The van der Waals surface area contributed by atoms with E-state index in [-0.39, 0.29) is 12.2 Å². The zero-order valence-electron chi connectivity index (χ0n) is 11.7. The van der Waals surface area contributed by atoms with Crippen LogP contribution in [0.4, 0.5) is 0 Å². The lowest BCUT2D eigenvalue weighted by molar-refractivity contribution is -0.0701. The van der Waals surface area contributed by atoms with Crippen molar-refractivity contribution < 1.29 is 14.2 Å². The van der Waals surface area contributed by atoms with Crippen LogP contribution in [0.1, 0.15) is 32.1 Å². The van der Waals surface area contributed by atoms with Crippen molar-refractivity contribution in [1.82, 2.24) is 5.32 Å². The Balaban J connectivity index is 1.64. The summed E-state index contributed by atoms with van der Waals surface area (Å²) < 4.78 is 16.6. The highest BCUT2D eigenvalue weighted by Crippen LogP contribution is 2.27. The zero-order chi connectivity index (χ0) is 12.8. The van der Waals surface area contributed by atoms with Gasteiger partial charge in [0.2, 0.25) is 0 Å². The van der Waals surface area contributed by atoms with Gasteiger partial charge in [-0.15, -0.1) is 0 Å². The number of nitrogens with one attached hydrogen (secondary N) is 1. The van der Waals surface area contributed by atoms with E-state index in [1.807, 2.05) is 0 Å². The SMILES string of the molecule is COC1CCC(CNCC2CCCO2)CC1OC. The molecule has 1 saturated heterocycles. The van der Waals surface area contributed by atoms with E-state index in [0.717, 1.165) is 32.5 Å². The van der Waals surface area contributed by atoms with Crippen molar-refractivity contribution >= 4 is 0 Å². The summed E-state index contributed by atoms with van der Waals surface area (Å²) >= 11 is 0. The van der Waals surface area contributed by atoms with Crippen molar-refractivity contribution in [2.75, 3.05) is 33.9 Å². The van der Waals surface area contributed by atoms with Gasteiger partial charge in [0.15, 0.2) is 0 Å². The highest BCUT2D eigenvalue weighted by Gasteiger charge is 2.30. The third-order valence-corrected chi connectivity index (χ3v) is 4.27. The third-order valence-electron chi connectivity index (χ3n) is 4.27. The van der Waals surface area contributed by atoms with Gasteiger partial charge >= 0.3 is 0 Å². The molecule has 2 fully saturated rings. The van der Waals surface area contributed by atoms with Gasteiger partial charge in [-0.05, 0) is 44.6 Å². The Labute approximate surface area is 110 Å². The van der Waals surface area contributed by atoms with Gasteiger partial charge in [0.1, 0.15) is 0 Å². The Bertz CT molecular complexity index is 231. The van der Waals surface area contributed by atoms with Crippen LogP contribution in [0.3, 0.4) is 0 Å². The molecule has 4 unspecified atom stereocenters. The molecule has 1 aliphatic carbocycles. The van der Waals surface area contributed by atoms with Gasteiger partial charge in [0, 0.05) is 27.4 Å². The first kappa shape index (κ1) is 14.3. The quantitative estimate of drug-likeness (QED) is 0.784. The standard InChI is InChI=1S/C14H27NO3/c1-16-13-6-5-11(8-14(13)17-2)9-15-10-12-4-3-7-18-12/h11-15H,3-10H2,1-2H3. The van der Waals surface area contributed by atoms with Gasteiger partial charge in [0.05, 0.1) is 18.3 Å². The Hall–Kier alpha value is -0.160. The molecule has 1 heterocycles. The molecule has 0 aromatic heterocycles. The molecule has 4 atom stereocenters. The largest absolute Gasteiger partial charge is 0.379 e. The van der Waals surface area contributed by atoms with E-state index in [4.69, 9.17) is 14.2 Å². The Morgan fingerprint density at radius 3 is 2.56 bits per heavy atom. The van der Waals surface area contributed by atoms with Crippen LogP contribution in [0.25, 0.3) is 0 Å². The molecule has 0 radical (unpaired) electrons. The van der Waals surface area contributed by atoms with E-state index in [2.05, 4.69) is 5.32 Å². The topological polar surface area (TPSA) is 39.7 Å². The molecule has 0 aromatic carbocycles. The van der Waals surface area contributed by atoms with Crippen molar-refractivity contribution in [3.05, 3.63) is 0 Å². The van der Waals surface area contributed by atoms with Gasteiger partial charge in [0.25, 0.3) is 0 Å². The van der Waals surface area contributed by atoms with Crippen LogP contribution in [0.2, 0.25) is 0 Å². The van der Waals surface area contributed by atoms with Crippen molar-refractivity contribution in [3.8, 4) is 0 Å². The third kappa shape index (κ3) is 3.92. The minimum absolute atomic E-state index is 0.262. The van der Waals surface area contributed by atoms with Gasteiger partial charge in [-0.1, -0.05) is 0 Å². The second-order valence-electron chi connectivity index (χ2n) is 5.52. The summed E-state index contributed by atoms with van der Waals surface area (Å²) in [5.74, 6) is 0.711. The smallest absolute Gasteiger partial charge is 0.0835 e. The Kier molecular flexibility index (Phi) is 5.89. The molecule has 0 spiro atoms. The fraction of sp³-hybridized carbons (Fsp3) is 1.00. The molecule has 2 rings (SSSR count). The first-order valence-electron chi connectivity index (χ1n) is 7.21. The number of rotatable bonds is 6. The normalized spacial score (nSPS) is 37.0. The van der Waals surface area contributed by atoms with Crippen LogP contribution < -0.4 is 5.32 Å². The lowest BCUT2D eigenvalue weighted by Crippen LogP contribution is -2.40.